The number of benzene rings is 2. The van der Waals surface area contributed by atoms with Crippen molar-refractivity contribution in [1.29, 1.82) is 0 Å². The van der Waals surface area contributed by atoms with E-state index in [0.717, 1.165) is 34.0 Å². The fraction of sp³-hybridized carbons (Fsp3) is 0.311. The maximum absolute atomic E-state index is 15.3. The maximum atomic E-state index is 15.3. The number of phenolic OH excluding ortho intramolecular Hbond substituents is 1. The van der Waals surface area contributed by atoms with E-state index in [0.29, 0.717) is 90.6 Å². The van der Waals surface area contributed by atoms with Crippen molar-refractivity contribution in [3.63, 3.8) is 0 Å². The quantitative estimate of drug-likeness (QED) is 0.0449. The fourth-order valence-corrected chi connectivity index (χ4v) is 15.9. The van der Waals surface area contributed by atoms with Gasteiger partial charge in [0.05, 0.1) is 49.4 Å². The number of hydrogen-bond donors (Lipinski definition) is 7. The van der Waals surface area contributed by atoms with Crippen LogP contribution in [0.3, 0.4) is 0 Å². The van der Waals surface area contributed by atoms with Gasteiger partial charge in [-0.2, -0.15) is 0 Å². The summed E-state index contributed by atoms with van der Waals surface area (Å²) in [6, 6.07) is 15.2. The molecule has 2 aromatic carbocycles. The van der Waals surface area contributed by atoms with E-state index in [1.165, 1.54) is 67.2 Å². The zero-order valence-electron chi connectivity index (χ0n) is 49.3. The summed E-state index contributed by atoms with van der Waals surface area (Å²) in [7, 11) is 1.56. The van der Waals surface area contributed by atoms with Crippen LogP contribution in [0.5, 0.6) is 5.75 Å². The topological polar surface area (TPSA) is 369 Å². The number of thiazole rings is 6. The van der Waals surface area contributed by atoms with Crippen LogP contribution in [-0.2, 0) is 30.2 Å². The largest absolute Gasteiger partial charge is 0.508 e. The van der Waals surface area contributed by atoms with E-state index >= 15 is 9.59 Å². The second-order valence-corrected chi connectivity index (χ2v) is 27.1. The molecule has 1 saturated heterocycles. The number of nitrogens with one attached hydrogen (secondary N) is 3. The molecule has 10 bridgehead atoms. The summed E-state index contributed by atoms with van der Waals surface area (Å²) >= 11 is 6.93. The van der Waals surface area contributed by atoms with E-state index in [-0.39, 0.29) is 58.1 Å². The number of phenols is 1. The number of pyridine rings is 1. The van der Waals surface area contributed by atoms with Crippen molar-refractivity contribution in [2.75, 3.05) is 40.0 Å². The highest BCUT2D eigenvalue weighted by molar-refractivity contribution is 7.15. The van der Waals surface area contributed by atoms with Gasteiger partial charge in [-0.15, -0.1) is 68.0 Å². The predicted octanol–water partition coefficient (Wildman–Crippen LogP) is 8.06. The highest BCUT2D eigenvalue weighted by Gasteiger charge is 2.46. The van der Waals surface area contributed by atoms with Gasteiger partial charge in [-0.3, -0.25) is 28.8 Å². The van der Waals surface area contributed by atoms with Gasteiger partial charge >= 0.3 is 6.09 Å². The SMILES string of the molecule is COCCOCCCNC(=O)O[C@H](c1ccccc1)[C@@H]1CC(=O)c2nc(sc2C)[C@H](CC(N)=O)NC(=O)c2csc(n2)-c2ccc(-c3nc(C(N)=O)cs3)nc2-c2csc(n2)-c2csc(n2)[C@@H]2[C@@H](C)[C@@H](O)CN2C(=O)[C@H](Cc2ccc(O)cc2)NC(=O)c2csc1n2. The molecule has 0 spiro atoms. The van der Waals surface area contributed by atoms with Gasteiger partial charge in [0, 0.05) is 82.9 Å². The molecule has 9 N–H and O–H groups in total. The molecule has 6 amide bonds. The Bertz CT molecular complexity index is 4190. The molecular formula is C61H59N13O12S6. The molecule has 1 fully saturated rings. The summed E-state index contributed by atoms with van der Waals surface area (Å²) < 4.78 is 16.9. The zero-order chi connectivity index (χ0) is 64.7. The third kappa shape index (κ3) is 14.8. The first kappa shape index (κ1) is 64.9. The number of ether oxygens (including phenoxy) is 3. The number of alkyl carbamates (subject to hydrolysis) is 1. The normalized spacial score (nSPS) is 19.0. The van der Waals surface area contributed by atoms with Crippen LogP contribution in [0.2, 0.25) is 0 Å². The number of rotatable bonds is 16. The third-order valence-corrected chi connectivity index (χ3v) is 20.7. The Hall–Kier alpha value is -8.66. The Morgan fingerprint density at radius 2 is 1.39 bits per heavy atom. The molecule has 7 atom stereocenters. The van der Waals surface area contributed by atoms with E-state index in [4.69, 9.17) is 55.6 Å². The average Bonchev–Trinajstić information content (AvgIpc) is 1.62. The summed E-state index contributed by atoms with van der Waals surface area (Å²) in [5.41, 5.74) is 14.4. The van der Waals surface area contributed by atoms with Crippen molar-refractivity contribution in [2.24, 2.45) is 17.4 Å². The molecule has 2 aliphatic rings. The van der Waals surface area contributed by atoms with E-state index in [2.05, 4.69) is 20.9 Å². The van der Waals surface area contributed by atoms with E-state index in [1.807, 2.05) is 6.92 Å². The summed E-state index contributed by atoms with van der Waals surface area (Å²) in [4.78, 5) is 134. The first-order valence-corrected chi connectivity index (χ1v) is 33.9. The first-order valence-electron chi connectivity index (χ1n) is 28.7. The third-order valence-electron chi connectivity index (χ3n) is 15.1. The van der Waals surface area contributed by atoms with Crippen LogP contribution in [0.4, 0.5) is 4.79 Å². The lowest BCUT2D eigenvalue weighted by Gasteiger charge is -2.29. The number of nitrogens with two attached hydrogens (primary N) is 2. The van der Waals surface area contributed by atoms with Gasteiger partial charge in [0.25, 0.3) is 17.7 Å². The molecule has 7 aromatic heterocycles. The minimum absolute atomic E-state index is 0.0132. The number of methoxy groups -OCH3 is 1. The first-order chi connectivity index (χ1) is 44.4. The molecule has 2 aliphatic heterocycles. The minimum atomic E-state index is -1.27. The van der Waals surface area contributed by atoms with Gasteiger partial charge in [-0.25, -0.2) is 39.7 Å². The Balaban J connectivity index is 1.01. The van der Waals surface area contributed by atoms with Gasteiger partial charge in [0.15, 0.2) is 5.78 Å². The van der Waals surface area contributed by atoms with Gasteiger partial charge in [-0.05, 0) is 48.7 Å². The number of hydrogen-bond acceptors (Lipinski definition) is 25. The molecule has 92 heavy (non-hydrogen) atoms. The van der Waals surface area contributed by atoms with Crippen LogP contribution in [0.25, 0.3) is 43.4 Å². The number of aliphatic hydroxyl groups excluding tert-OH is 1. The number of nitrogens with zero attached hydrogens (tertiary/aromatic N) is 8. The minimum Gasteiger partial charge on any atom is -0.508 e. The molecule has 0 aliphatic carbocycles. The van der Waals surface area contributed by atoms with Gasteiger partial charge in [0.1, 0.15) is 87.8 Å². The number of aliphatic hydroxyl groups is 1. The Morgan fingerprint density at radius 3 is 2.14 bits per heavy atom. The van der Waals surface area contributed by atoms with Crippen molar-refractivity contribution in [3.05, 3.63) is 147 Å². The van der Waals surface area contributed by atoms with Crippen LogP contribution in [0.1, 0.15) is 123 Å². The Morgan fingerprint density at radius 1 is 0.717 bits per heavy atom. The number of carbonyl (C=O) groups is 7. The molecule has 0 radical (unpaired) electrons. The number of Topliss-reactive ketones (excluding diaryl/α,β-unsaturated/α-hetero) is 1. The van der Waals surface area contributed by atoms with Crippen molar-refractivity contribution in [3.8, 4) is 49.1 Å². The van der Waals surface area contributed by atoms with Crippen molar-refractivity contribution in [2.45, 2.75) is 75.8 Å². The number of amides is 6. The maximum Gasteiger partial charge on any atom is 0.407 e. The van der Waals surface area contributed by atoms with Crippen molar-refractivity contribution < 1.29 is 58.0 Å². The summed E-state index contributed by atoms with van der Waals surface area (Å²) in [5, 5.41) is 40.6. The molecule has 9 heterocycles. The molecule has 11 rings (SSSR count). The molecule has 31 heteroatoms. The highest BCUT2D eigenvalue weighted by atomic mass is 32.1. The summed E-state index contributed by atoms with van der Waals surface area (Å²) in [6.07, 6.45) is -3.44. The summed E-state index contributed by atoms with van der Waals surface area (Å²) in [5.74, 6) is -5.65. The van der Waals surface area contributed by atoms with Crippen LogP contribution in [-0.4, -0.2) is 144 Å². The van der Waals surface area contributed by atoms with E-state index in [1.54, 1.807) is 79.4 Å². The lowest BCUT2D eigenvalue weighted by Crippen LogP contribution is -2.50. The molecule has 0 unspecified atom stereocenters. The zero-order valence-corrected chi connectivity index (χ0v) is 54.2. The van der Waals surface area contributed by atoms with Crippen molar-refractivity contribution >= 4 is 109 Å². The predicted molar refractivity (Wildman–Crippen MR) is 346 cm³/mol. The van der Waals surface area contributed by atoms with E-state index in [9.17, 15) is 34.2 Å². The second kappa shape index (κ2) is 28.9. The monoisotopic (exact) mass is 1360 g/mol. The number of aryl methyl sites for hydroxylation is 1. The number of aromatic hydroxyl groups is 1. The van der Waals surface area contributed by atoms with Gasteiger partial charge in [-0.1, -0.05) is 49.4 Å². The lowest BCUT2D eigenvalue weighted by molar-refractivity contribution is -0.134. The summed E-state index contributed by atoms with van der Waals surface area (Å²) in [6.45, 7) is 4.64. The standard InChI is InChI=1S/C61H59N13O12S6/c1-29-45(77)23-74-49(29)59-72-43(28-91-59)57-68-39(24-89-57)48-34(14-15-36(65-48)56-69-40(25-90-56)51(63)79)54-70-41(26-87-54)52(80)66-37(22-46(62)78)58-73-47(30(2)92-58)44(76)21-35(50(32-8-5-4-6-9-32)86-61(83)64-16-7-17-85-19-18-84-3)55-71-42(27-88-55)53(81)67-38(60(74)82)20-31-10-12-33(75)13-11-31/h4-6,8-15,24-29,35,37-38,45,49-50,75,77H,7,16-23H2,1-3H3,(H2,62,78)(H2,63,79)(H,64,83)(H,66,80)(H,67,81)/t29-,35-,37-,38-,45-,49-,50+/m0/s1. The number of primary amides is 2. The second-order valence-electron chi connectivity index (χ2n) is 21.5. The smallest absolute Gasteiger partial charge is 0.407 e. The van der Waals surface area contributed by atoms with Gasteiger partial charge in [0.2, 0.25) is 11.8 Å². The number of carbonyl (C=O) groups excluding carboxylic acids is 7. The molecule has 0 saturated carbocycles. The Kier molecular flexibility index (Phi) is 20.4. The van der Waals surface area contributed by atoms with Crippen molar-refractivity contribution in [1.82, 2.24) is 55.7 Å². The van der Waals surface area contributed by atoms with Crippen LogP contribution >= 0.6 is 68.0 Å². The average molecular weight is 1360 g/mol. The number of ketones is 1. The highest BCUT2D eigenvalue weighted by Crippen LogP contribution is 2.44. The molecule has 9 aromatic rings. The van der Waals surface area contributed by atoms with Crippen LogP contribution in [0.15, 0.2) is 93.6 Å². The molecular weight excluding hydrogens is 1300 g/mol. The fourth-order valence-electron chi connectivity index (χ4n) is 10.5. The lowest BCUT2D eigenvalue weighted by atomic mass is 9.90. The molecule has 476 valence electrons. The Labute approximate surface area is 549 Å². The number of fused-ring (bicyclic) bond motifs is 16. The van der Waals surface area contributed by atoms with Crippen LogP contribution < -0.4 is 27.4 Å². The van der Waals surface area contributed by atoms with E-state index < -0.39 is 96.4 Å². The van der Waals surface area contributed by atoms with Crippen LogP contribution in [0, 0.1) is 12.8 Å². The number of aromatic nitrogens is 7. The van der Waals surface area contributed by atoms with Gasteiger partial charge < -0.3 is 56.7 Å². The molecule has 25 nitrogen and oxygen atoms in total.